The number of hydrogen-bond donors (Lipinski definition) is 1. The van der Waals surface area contributed by atoms with Gasteiger partial charge in [0.1, 0.15) is 17.3 Å². The molecule has 1 amide bonds. The number of nitrogens with one attached hydrogen (secondary N) is 1. The second-order valence-electron chi connectivity index (χ2n) is 7.18. The van der Waals surface area contributed by atoms with Crippen molar-refractivity contribution >= 4 is 11.6 Å². The first-order valence-corrected chi connectivity index (χ1v) is 10.5. The molecular weight excluding hydrogens is 439 g/mol. The van der Waals surface area contributed by atoms with Crippen molar-refractivity contribution in [3.8, 4) is 34.6 Å². The summed E-state index contributed by atoms with van der Waals surface area (Å²) in [6, 6.07) is 18.3. The van der Waals surface area contributed by atoms with Crippen LogP contribution in [0.4, 0.5) is 10.1 Å². The van der Waals surface area contributed by atoms with Crippen LogP contribution in [0.15, 0.2) is 66.7 Å². The summed E-state index contributed by atoms with van der Waals surface area (Å²) in [5.41, 5.74) is 2.20. The van der Waals surface area contributed by atoms with E-state index in [0.717, 1.165) is 0 Å². The highest BCUT2D eigenvalue weighted by atomic mass is 19.1. The lowest BCUT2D eigenvalue weighted by Gasteiger charge is -2.10. The molecule has 1 heterocycles. The van der Waals surface area contributed by atoms with E-state index in [-0.39, 0.29) is 17.7 Å². The number of methoxy groups -OCH3 is 2. The van der Waals surface area contributed by atoms with Crippen LogP contribution < -0.4 is 19.5 Å². The Morgan fingerprint density at radius 1 is 1.00 bits per heavy atom. The molecule has 174 valence electrons. The van der Waals surface area contributed by atoms with Crippen molar-refractivity contribution in [1.82, 2.24) is 14.8 Å². The average Bonchev–Trinajstić information content (AvgIpc) is 3.28. The summed E-state index contributed by atoms with van der Waals surface area (Å²) >= 11 is 0. The van der Waals surface area contributed by atoms with Crippen LogP contribution in [0, 0.1) is 5.82 Å². The van der Waals surface area contributed by atoms with Gasteiger partial charge in [0.15, 0.2) is 5.82 Å². The fraction of sp³-hybridized carbons (Fsp3) is 0.160. The highest BCUT2D eigenvalue weighted by Crippen LogP contribution is 2.26. The Labute approximate surface area is 195 Å². The fourth-order valence-corrected chi connectivity index (χ4v) is 3.31. The maximum atomic E-state index is 13.8. The molecule has 3 aromatic carbocycles. The van der Waals surface area contributed by atoms with Crippen molar-refractivity contribution in [2.45, 2.75) is 6.92 Å². The van der Waals surface area contributed by atoms with E-state index in [4.69, 9.17) is 14.2 Å². The molecule has 0 aliphatic heterocycles. The van der Waals surface area contributed by atoms with E-state index >= 15 is 0 Å². The summed E-state index contributed by atoms with van der Waals surface area (Å²) in [6.45, 7) is 2.23. The van der Waals surface area contributed by atoms with Gasteiger partial charge in [0, 0.05) is 22.9 Å². The van der Waals surface area contributed by atoms with Gasteiger partial charge in [-0.2, -0.15) is 4.98 Å². The molecule has 0 saturated heterocycles. The zero-order valence-electron chi connectivity index (χ0n) is 18.9. The lowest BCUT2D eigenvalue weighted by molar-refractivity contribution is 0.102. The summed E-state index contributed by atoms with van der Waals surface area (Å²) < 4.78 is 31.3. The molecule has 8 nitrogen and oxygen atoms in total. The average molecular weight is 462 g/mol. The Morgan fingerprint density at radius 2 is 1.71 bits per heavy atom. The molecule has 4 aromatic rings. The van der Waals surface area contributed by atoms with Crippen molar-refractivity contribution in [2.24, 2.45) is 0 Å². The number of anilines is 1. The molecule has 0 bridgehead atoms. The first-order chi connectivity index (χ1) is 16.5. The van der Waals surface area contributed by atoms with Crippen LogP contribution in [0.2, 0.25) is 0 Å². The van der Waals surface area contributed by atoms with Crippen LogP contribution in [-0.4, -0.2) is 41.5 Å². The molecule has 0 saturated carbocycles. The molecular formula is C25H23FN4O4. The maximum absolute atomic E-state index is 13.8. The van der Waals surface area contributed by atoms with Gasteiger partial charge >= 0.3 is 6.01 Å². The zero-order valence-corrected chi connectivity index (χ0v) is 18.9. The standard InChI is InChI=1S/C25H23FN4O4/c1-4-34-25-28-23(16-6-5-7-18(26)12-16)30(29-25)20-10-8-19(9-11-20)27-24(31)17-13-21(32-2)15-22(14-17)33-3/h5-15H,4H2,1-3H3,(H,27,31). The SMILES string of the molecule is CCOc1nc(-c2cccc(F)c2)n(-c2ccc(NC(=O)c3cc(OC)cc(OC)c3)cc2)n1. The molecule has 4 rings (SSSR count). The van der Waals surface area contributed by atoms with Crippen molar-refractivity contribution in [2.75, 3.05) is 26.1 Å². The second-order valence-corrected chi connectivity index (χ2v) is 7.18. The third-order valence-corrected chi connectivity index (χ3v) is 4.93. The number of hydrogen-bond acceptors (Lipinski definition) is 6. The van der Waals surface area contributed by atoms with Gasteiger partial charge in [-0.3, -0.25) is 4.79 Å². The van der Waals surface area contributed by atoms with Gasteiger partial charge in [-0.15, -0.1) is 5.10 Å². The van der Waals surface area contributed by atoms with Gasteiger partial charge in [0.05, 0.1) is 26.5 Å². The molecule has 0 spiro atoms. The zero-order chi connectivity index (χ0) is 24.1. The van der Waals surface area contributed by atoms with Crippen LogP contribution in [0.1, 0.15) is 17.3 Å². The third kappa shape index (κ3) is 4.98. The predicted molar refractivity (Wildman–Crippen MR) is 125 cm³/mol. The van der Waals surface area contributed by atoms with E-state index in [1.165, 1.54) is 26.4 Å². The Balaban J connectivity index is 1.60. The van der Waals surface area contributed by atoms with Gasteiger partial charge < -0.3 is 19.5 Å². The molecule has 0 radical (unpaired) electrons. The second kappa shape index (κ2) is 10.0. The van der Waals surface area contributed by atoms with E-state index in [1.807, 2.05) is 6.92 Å². The quantitative estimate of drug-likeness (QED) is 0.407. The van der Waals surface area contributed by atoms with Crippen molar-refractivity contribution < 1.29 is 23.4 Å². The number of amides is 1. The molecule has 1 N–H and O–H groups in total. The minimum atomic E-state index is -0.378. The molecule has 34 heavy (non-hydrogen) atoms. The molecule has 9 heteroatoms. The topological polar surface area (TPSA) is 87.5 Å². The number of carbonyl (C=O) groups excluding carboxylic acids is 1. The van der Waals surface area contributed by atoms with Gasteiger partial charge in [-0.05, 0) is 55.5 Å². The number of aromatic nitrogens is 3. The summed E-state index contributed by atoms with van der Waals surface area (Å²) in [6.07, 6.45) is 0. The van der Waals surface area contributed by atoms with Crippen molar-refractivity contribution in [3.63, 3.8) is 0 Å². The van der Waals surface area contributed by atoms with Crippen LogP contribution in [0.5, 0.6) is 17.5 Å². The number of nitrogens with zero attached hydrogens (tertiary/aromatic N) is 3. The van der Waals surface area contributed by atoms with Crippen LogP contribution in [0.25, 0.3) is 17.1 Å². The third-order valence-electron chi connectivity index (χ3n) is 4.93. The smallest absolute Gasteiger partial charge is 0.336 e. The highest BCUT2D eigenvalue weighted by molar-refractivity contribution is 6.04. The molecule has 1 aromatic heterocycles. The van der Waals surface area contributed by atoms with E-state index in [9.17, 15) is 9.18 Å². The lowest BCUT2D eigenvalue weighted by atomic mass is 10.1. The van der Waals surface area contributed by atoms with Crippen LogP contribution in [-0.2, 0) is 0 Å². The number of carbonyl (C=O) groups is 1. The minimum Gasteiger partial charge on any atom is -0.497 e. The summed E-state index contributed by atoms with van der Waals surface area (Å²) in [5, 5.41) is 7.25. The molecule has 0 fully saturated rings. The summed E-state index contributed by atoms with van der Waals surface area (Å²) in [7, 11) is 3.04. The van der Waals surface area contributed by atoms with Crippen molar-refractivity contribution in [1.29, 1.82) is 0 Å². The van der Waals surface area contributed by atoms with Crippen molar-refractivity contribution in [3.05, 3.63) is 78.1 Å². The first kappa shape index (κ1) is 22.8. The van der Waals surface area contributed by atoms with E-state index in [0.29, 0.717) is 46.4 Å². The van der Waals surface area contributed by atoms with Crippen LogP contribution >= 0.6 is 0 Å². The number of benzene rings is 3. The maximum Gasteiger partial charge on any atom is 0.336 e. The Kier molecular flexibility index (Phi) is 6.72. The predicted octanol–water partition coefficient (Wildman–Crippen LogP) is 4.74. The lowest BCUT2D eigenvalue weighted by Crippen LogP contribution is -2.12. The fourth-order valence-electron chi connectivity index (χ4n) is 3.31. The first-order valence-electron chi connectivity index (χ1n) is 10.5. The number of halogens is 1. The Morgan fingerprint density at radius 3 is 2.32 bits per heavy atom. The van der Waals surface area contributed by atoms with E-state index < -0.39 is 0 Å². The summed E-state index contributed by atoms with van der Waals surface area (Å²) in [5.74, 6) is 0.771. The largest absolute Gasteiger partial charge is 0.497 e. The van der Waals surface area contributed by atoms with Crippen LogP contribution in [0.3, 0.4) is 0 Å². The Bertz CT molecular complexity index is 1280. The monoisotopic (exact) mass is 462 g/mol. The molecule has 0 aliphatic carbocycles. The summed E-state index contributed by atoms with van der Waals surface area (Å²) in [4.78, 5) is 17.2. The molecule has 0 unspecified atom stereocenters. The van der Waals surface area contributed by atoms with Gasteiger partial charge in [0.25, 0.3) is 5.91 Å². The molecule has 0 aliphatic rings. The van der Waals surface area contributed by atoms with Gasteiger partial charge in [0.2, 0.25) is 0 Å². The molecule has 0 atom stereocenters. The number of rotatable bonds is 8. The van der Waals surface area contributed by atoms with E-state index in [2.05, 4.69) is 15.4 Å². The van der Waals surface area contributed by atoms with Gasteiger partial charge in [-0.25, -0.2) is 9.07 Å². The number of ether oxygens (including phenoxy) is 3. The minimum absolute atomic E-state index is 0.186. The highest BCUT2D eigenvalue weighted by Gasteiger charge is 2.16. The Hall–Kier alpha value is -4.40. The van der Waals surface area contributed by atoms with Gasteiger partial charge in [-0.1, -0.05) is 12.1 Å². The van der Waals surface area contributed by atoms with E-state index in [1.54, 1.807) is 59.3 Å². The normalized spacial score (nSPS) is 10.6.